The Kier molecular flexibility index (Phi) is 3.60. The highest BCUT2D eigenvalue weighted by Crippen LogP contribution is 2.19. The fraction of sp³-hybridized carbons (Fsp3) is 0.133. The first-order valence-corrected chi connectivity index (χ1v) is 5.72. The van der Waals surface area contributed by atoms with Crippen LogP contribution in [0.25, 0.3) is 0 Å². The molecule has 0 aromatic heterocycles. The molecule has 0 amide bonds. The Morgan fingerprint density at radius 3 is 2.37 bits per heavy atom. The number of aryl methyl sites for hydroxylation is 2. The van der Waals surface area contributed by atoms with Crippen molar-refractivity contribution in [1.29, 1.82) is 0 Å². The summed E-state index contributed by atoms with van der Waals surface area (Å²) in [5.74, 6) is -2.19. The second-order valence-corrected chi connectivity index (χ2v) is 4.26. The molecule has 98 valence electrons. The van der Waals surface area contributed by atoms with Crippen LogP contribution in [-0.4, -0.2) is 5.97 Å². The highest BCUT2D eigenvalue weighted by Gasteiger charge is 2.15. The number of ether oxygens (including phenoxy) is 1. The van der Waals surface area contributed by atoms with E-state index in [1.807, 2.05) is 13.8 Å². The Morgan fingerprint density at radius 1 is 1.00 bits per heavy atom. The van der Waals surface area contributed by atoms with Crippen LogP contribution in [0.15, 0.2) is 36.4 Å². The summed E-state index contributed by atoms with van der Waals surface area (Å²) in [5, 5.41) is 0. The zero-order valence-corrected chi connectivity index (χ0v) is 10.5. The Morgan fingerprint density at radius 2 is 1.74 bits per heavy atom. The molecule has 0 radical (unpaired) electrons. The molecule has 0 unspecified atom stereocenters. The lowest BCUT2D eigenvalue weighted by molar-refractivity contribution is 0.0729. The van der Waals surface area contributed by atoms with Crippen molar-refractivity contribution in [2.45, 2.75) is 13.8 Å². The van der Waals surface area contributed by atoms with Crippen LogP contribution in [0.5, 0.6) is 5.75 Å². The summed E-state index contributed by atoms with van der Waals surface area (Å²) in [6, 6.07) is 7.85. The van der Waals surface area contributed by atoms with Gasteiger partial charge in [-0.2, -0.15) is 0 Å². The molecule has 0 heterocycles. The Labute approximate surface area is 109 Å². The van der Waals surface area contributed by atoms with Crippen molar-refractivity contribution in [1.82, 2.24) is 0 Å². The highest BCUT2D eigenvalue weighted by molar-refractivity contribution is 5.91. The van der Waals surface area contributed by atoms with E-state index in [2.05, 4.69) is 0 Å². The van der Waals surface area contributed by atoms with E-state index >= 15 is 0 Å². The van der Waals surface area contributed by atoms with E-state index in [4.69, 9.17) is 4.74 Å². The lowest BCUT2D eigenvalue weighted by Gasteiger charge is -2.07. The topological polar surface area (TPSA) is 26.3 Å². The van der Waals surface area contributed by atoms with Crippen molar-refractivity contribution < 1.29 is 18.3 Å². The second-order valence-electron chi connectivity index (χ2n) is 4.26. The quantitative estimate of drug-likeness (QED) is 0.607. The first-order chi connectivity index (χ1) is 8.97. The minimum atomic E-state index is -0.936. The minimum absolute atomic E-state index is 0.292. The molecule has 0 saturated heterocycles. The fourth-order valence-electron chi connectivity index (χ4n) is 1.59. The maximum Gasteiger partial charge on any atom is 0.346 e. The zero-order valence-electron chi connectivity index (χ0n) is 10.5. The van der Waals surface area contributed by atoms with Crippen LogP contribution in [0.3, 0.4) is 0 Å². The van der Waals surface area contributed by atoms with Gasteiger partial charge in [-0.1, -0.05) is 6.07 Å². The van der Waals surface area contributed by atoms with Crippen molar-refractivity contribution in [3.05, 3.63) is 64.7 Å². The van der Waals surface area contributed by atoms with Crippen molar-refractivity contribution in [3.63, 3.8) is 0 Å². The van der Waals surface area contributed by atoms with Gasteiger partial charge in [0.2, 0.25) is 0 Å². The highest BCUT2D eigenvalue weighted by atomic mass is 19.1. The van der Waals surface area contributed by atoms with Gasteiger partial charge in [0.25, 0.3) is 0 Å². The summed E-state index contributed by atoms with van der Waals surface area (Å²) in [4.78, 5) is 11.8. The first-order valence-electron chi connectivity index (χ1n) is 5.72. The Balaban J connectivity index is 2.23. The summed E-state index contributed by atoms with van der Waals surface area (Å²) in [7, 11) is 0. The molecular formula is C15H12F2O2. The van der Waals surface area contributed by atoms with E-state index in [-0.39, 0.29) is 5.56 Å². The van der Waals surface area contributed by atoms with E-state index in [1.165, 1.54) is 0 Å². The van der Waals surface area contributed by atoms with E-state index in [0.717, 1.165) is 23.3 Å². The lowest BCUT2D eigenvalue weighted by Crippen LogP contribution is -2.11. The lowest BCUT2D eigenvalue weighted by atomic mass is 10.1. The molecule has 19 heavy (non-hydrogen) atoms. The Bertz CT molecular complexity index is 636. The summed E-state index contributed by atoms with van der Waals surface area (Å²) in [5.41, 5.74) is 1.73. The maximum atomic E-state index is 13.4. The molecule has 0 N–H and O–H groups in total. The summed E-state index contributed by atoms with van der Waals surface area (Å²) < 4.78 is 31.2. The predicted octanol–water partition coefficient (Wildman–Crippen LogP) is 3.80. The third kappa shape index (κ3) is 2.96. The molecule has 0 aliphatic carbocycles. The van der Waals surface area contributed by atoms with Crippen molar-refractivity contribution >= 4 is 5.97 Å². The number of esters is 1. The summed E-state index contributed by atoms with van der Waals surface area (Å²) >= 11 is 0. The van der Waals surface area contributed by atoms with Crippen LogP contribution >= 0.6 is 0 Å². The fourth-order valence-corrected chi connectivity index (χ4v) is 1.59. The largest absolute Gasteiger partial charge is 0.423 e. The molecule has 2 aromatic rings. The van der Waals surface area contributed by atoms with Gasteiger partial charge in [0.05, 0.1) is 5.56 Å². The van der Waals surface area contributed by atoms with Crippen molar-refractivity contribution in [3.8, 4) is 5.75 Å². The second kappa shape index (κ2) is 5.18. The standard InChI is InChI=1S/C15H12F2O2/c1-9-3-5-12(7-10(9)2)19-15(18)13-6-4-11(16)8-14(13)17/h3-8H,1-2H3. The monoisotopic (exact) mass is 262 g/mol. The van der Waals surface area contributed by atoms with Gasteiger partial charge in [-0.05, 0) is 49.2 Å². The molecule has 0 saturated carbocycles. The maximum absolute atomic E-state index is 13.4. The molecule has 0 bridgehead atoms. The molecule has 0 spiro atoms. The normalized spacial score (nSPS) is 10.3. The van der Waals surface area contributed by atoms with Gasteiger partial charge in [-0.25, -0.2) is 13.6 Å². The summed E-state index contributed by atoms with van der Waals surface area (Å²) in [6.45, 7) is 3.81. The van der Waals surface area contributed by atoms with E-state index in [9.17, 15) is 13.6 Å². The molecule has 0 aliphatic rings. The van der Waals surface area contributed by atoms with Crippen molar-refractivity contribution in [2.24, 2.45) is 0 Å². The zero-order chi connectivity index (χ0) is 14.0. The number of carbonyl (C=O) groups is 1. The van der Waals surface area contributed by atoms with Gasteiger partial charge >= 0.3 is 5.97 Å². The number of hydrogen-bond acceptors (Lipinski definition) is 2. The van der Waals surface area contributed by atoms with Gasteiger partial charge in [-0.3, -0.25) is 0 Å². The molecule has 0 atom stereocenters. The molecule has 0 fully saturated rings. The third-order valence-electron chi connectivity index (χ3n) is 2.84. The van der Waals surface area contributed by atoms with Crippen LogP contribution in [0.4, 0.5) is 8.78 Å². The number of benzene rings is 2. The number of hydrogen-bond donors (Lipinski definition) is 0. The minimum Gasteiger partial charge on any atom is -0.423 e. The van der Waals surface area contributed by atoms with Crippen molar-refractivity contribution in [2.75, 3.05) is 0 Å². The smallest absolute Gasteiger partial charge is 0.346 e. The van der Waals surface area contributed by atoms with Crippen LogP contribution in [0, 0.1) is 25.5 Å². The molecule has 2 aromatic carbocycles. The molecule has 0 aliphatic heterocycles. The van der Waals surface area contributed by atoms with Gasteiger partial charge in [0.1, 0.15) is 17.4 Å². The number of carbonyl (C=O) groups excluding carboxylic acids is 1. The Hall–Kier alpha value is -2.23. The van der Waals surface area contributed by atoms with Crippen LogP contribution in [-0.2, 0) is 0 Å². The van der Waals surface area contributed by atoms with Gasteiger partial charge in [-0.15, -0.1) is 0 Å². The van der Waals surface area contributed by atoms with E-state index in [0.29, 0.717) is 11.8 Å². The number of rotatable bonds is 2. The molecular weight excluding hydrogens is 250 g/mol. The molecule has 2 rings (SSSR count). The van der Waals surface area contributed by atoms with Gasteiger partial charge in [0.15, 0.2) is 0 Å². The molecule has 2 nitrogen and oxygen atoms in total. The van der Waals surface area contributed by atoms with E-state index in [1.54, 1.807) is 18.2 Å². The van der Waals surface area contributed by atoms with Gasteiger partial charge in [0, 0.05) is 6.07 Å². The van der Waals surface area contributed by atoms with Gasteiger partial charge < -0.3 is 4.74 Å². The SMILES string of the molecule is Cc1ccc(OC(=O)c2ccc(F)cc2F)cc1C. The van der Waals surface area contributed by atoms with Crippen LogP contribution < -0.4 is 4.74 Å². The van der Waals surface area contributed by atoms with Crippen LogP contribution in [0.2, 0.25) is 0 Å². The average Bonchev–Trinajstić information content (AvgIpc) is 2.33. The predicted molar refractivity (Wildman–Crippen MR) is 67.2 cm³/mol. The molecule has 4 heteroatoms. The third-order valence-corrected chi connectivity index (χ3v) is 2.84. The van der Waals surface area contributed by atoms with Crippen LogP contribution in [0.1, 0.15) is 21.5 Å². The first kappa shape index (κ1) is 13.2. The summed E-state index contributed by atoms with van der Waals surface area (Å²) in [6.07, 6.45) is 0. The van der Waals surface area contributed by atoms with E-state index < -0.39 is 17.6 Å². The number of halogens is 2. The average molecular weight is 262 g/mol.